The monoisotopic (exact) mass is 168 g/mol. The van der Waals surface area contributed by atoms with Crippen LogP contribution >= 0.6 is 0 Å². The molecule has 0 N–H and O–H groups in total. The first-order chi connectivity index (χ1) is 5.68. The van der Waals surface area contributed by atoms with Gasteiger partial charge in [0.1, 0.15) is 0 Å². The van der Waals surface area contributed by atoms with Crippen LogP contribution in [0.15, 0.2) is 0 Å². The Morgan fingerprint density at radius 3 is 1.75 bits per heavy atom. The second-order valence-electron chi connectivity index (χ2n) is 3.77. The highest BCUT2D eigenvalue weighted by Crippen LogP contribution is 2.23. The molecule has 0 aromatic carbocycles. The molecule has 0 saturated carbocycles. The second-order valence-corrected chi connectivity index (χ2v) is 3.77. The molecule has 12 heavy (non-hydrogen) atoms. The Balaban J connectivity index is 3.70. The second kappa shape index (κ2) is 6.53. The van der Waals surface area contributed by atoms with Crippen molar-refractivity contribution in [3.63, 3.8) is 0 Å². The molecule has 0 aromatic heterocycles. The summed E-state index contributed by atoms with van der Waals surface area (Å²) in [5, 5.41) is 0. The van der Waals surface area contributed by atoms with E-state index < -0.39 is 0 Å². The van der Waals surface area contributed by atoms with E-state index >= 15 is 0 Å². The van der Waals surface area contributed by atoms with E-state index in [9.17, 15) is 0 Å². The lowest BCUT2D eigenvalue weighted by molar-refractivity contribution is 0.0757. The molecule has 0 aromatic rings. The molecule has 0 unspecified atom stereocenters. The van der Waals surface area contributed by atoms with E-state index in [4.69, 9.17) is 12.7 Å². The van der Waals surface area contributed by atoms with Crippen LogP contribution in [0.25, 0.3) is 0 Å². The van der Waals surface area contributed by atoms with Gasteiger partial charge >= 0.3 is 0 Å². The Hall–Kier alpha value is 0.0249. The van der Waals surface area contributed by atoms with Gasteiger partial charge < -0.3 is 4.65 Å². The van der Waals surface area contributed by atoms with Gasteiger partial charge in [0.15, 0.2) is 0 Å². The Bertz CT molecular complexity index is 96.0. The summed E-state index contributed by atoms with van der Waals surface area (Å²) in [6, 6.07) is 0. The Morgan fingerprint density at radius 2 is 1.50 bits per heavy atom. The van der Waals surface area contributed by atoms with E-state index in [1.807, 2.05) is 0 Å². The summed E-state index contributed by atoms with van der Waals surface area (Å²) in [5.41, 5.74) is -0.0774. The Labute approximate surface area is 78.3 Å². The fourth-order valence-corrected chi connectivity index (χ4v) is 1.34. The van der Waals surface area contributed by atoms with E-state index in [1.165, 1.54) is 25.7 Å². The van der Waals surface area contributed by atoms with Crippen LogP contribution in [0, 0.1) is 0 Å². The first-order valence-electron chi connectivity index (χ1n) is 5.06. The molecule has 0 spiro atoms. The third kappa shape index (κ3) is 4.81. The molecule has 0 atom stereocenters. The zero-order valence-corrected chi connectivity index (χ0v) is 8.73. The molecule has 0 heterocycles. The van der Waals surface area contributed by atoms with Crippen molar-refractivity contribution in [3.8, 4) is 0 Å². The van der Waals surface area contributed by atoms with Crippen molar-refractivity contribution in [1.29, 1.82) is 0 Å². The van der Waals surface area contributed by atoms with Crippen LogP contribution in [-0.4, -0.2) is 13.7 Å². The molecule has 70 valence electrons. The van der Waals surface area contributed by atoms with Crippen molar-refractivity contribution in [1.82, 2.24) is 0 Å². The standard InChI is InChI=1S/C10H21BO/c1-4-6-8-10(3,12-11)9-7-5-2/h4-9H2,1-3H3. The van der Waals surface area contributed by atoms with Crippen molar-refractivity contribution < 1.29 is 4.65 Å². The van der Waals surface area contributed by atoms with Crippen molar-refractivity contribution in [2.75, 3.05) is 0 Å². The van der Waals surface area contributed by atoms with Crippen LogP contribution in [0.3, 0.4) is 0 Å². The smallest absolute Gasteiger partial charge is 0.283 e. The van der Waals surface area contributed by atoms with Crippen LogP contribution < -0.4 is 0 Å². The molecular weight excluding hydrogens is 147 g/mol. The molecule has 0 fully saturated rings. The lowest BCUT2D eigenvalue weighted by atomic mass is 9.92. The first kappa shape index (κ1) is 12.0. The van der Waals surface area contributed by atoms with Gasteiger partial charge in [0.25, 0.3) is 8.05 Å². The minimum Gasteiger partial charge on any atom is -0.443 e. The molecule has 0 amide bonds. The zero-order chi connectivity index (χ0) is 9.45. The van der Waals surface area contributed by atoms with Crippen LogP contribution in [-0.2, 0) is 4.65 Å². The molecule has 0 saturated heterocycles. The molecule has 1 nitrogen and oxygen atoms in total. The average molecular weight is 168 g/mol. The van der Waals surface area contributed by atoms with Crippen molar-refractivity contribution in [2.45, 2.75) is 64.9 Å². The van der Waals surface area contributed by atoms with Crippen molar-refractivity contribution in [3.05, 3.63) is 0 Å². The van der Waals surface area contributed by atoms with Gasteiger partial charge in [-0.25, -0.2) is 0 Å². The molecule has 0 aliphatic carbocycles. The minimum atomic E-state index is -0.0774. The van der Waals surface area contributed by atoms with Gasteiger partial charge in [-0.05, 0) is 19.8 Å². The van der Waals surface area contributed by atoms with E-state index in [-0.39, 0.29) is 5.60 Å². The molecule has 2 radical (unpaired) electrons. The van der Waals surface area contributed by atoms with Gasteiger partial charge in [-0.2, -0.15) is 0 Å². The molecule has 2 heteroatoms. The summed E-state index contributed by atoms with van der Waals surface area (Å²) in [7, 11) is 5.29. The molecule has 0 rings (SSSR count). The van der Waals surface area contributed by atoms with Crippen LogP contribution in [0.5, 0.6) is 0 Å². The Kier molecular flexibility index (Phi) is 6.54. The highest BCUT2D eigenvalue weighted by atomic mass is 16.4. The van der Waals surface area contributed by atoms with Crippen LogP contribution in [0.2, 0.25) is 0 Å². The van der Waals surface area contributed by atoms with Crippen molar-refractivity contribution >= 4 is 8.05 Å². The third-order valence-electron chi connectivity index (χ3n) is 2.40. The summed E-state index contributed by atoms with van der Waals surface area (Å²) in [6.45, 7) is 6.49. The van der Waals surface area contributed by atoms with Gasteiger partial charge in [0, 0.05) is 5.60 Å². The van der Waals surface area contributed by atoms with Crippen LogP contribution in [0.4, 0.5) is 0 Å². The Morgan fingerprint density at radius 1 is 1.08 bits per heavy atom. The van der Waals surface area contributed by atoms with E-state index in [1.54, 1.807) is 0 Å². The number of unbranched alkanes of at least 4 members (excludes halogenated alkanes) is 2. The predicted molar refractivity (Wildman–Crippen MR) is 54.3 cm³/mol. The summed E-state index contributed by atoms with van der Waals surface area (Å²) >= 11 is 0. The van der Waals surface area contributed by atoms with Crippen molar-refractivity contribution in [2.24, 2.45) is 0 Å². The van der Waals surface area contributed by atoms with E-state index in [0.29, 0.717) is 0 Å². The fraction of sp³-hybridized carbons (Fsp3) is 1.00. The van der Waals surface area contributed by atoms with Crippen LogP contribution in [0.1, 0.15) is 59.3 Å². The predicted octanol–water partition coefficient (Wildman–Crippen LogP) is 3.23. The van der Waals surface area contributed by atoms with Gasteiger partial charge in [-0.15, -0.1) is 0 Å². The third-order valence-corrected chi connectivity index (χ3v) is 2.40. The topological polar surface area (TPSA) is 9.23 Å². The highest BCUT2D eigenvalue weighted by Gasteiger charge is 2.20. The lowest BCUT2D eigenvalue weighted by Gasteiger charge is -2.29. The fourth-order valence-electron chi connectivity index (χ4n) is 1.34. The maximum absolute atomic E-state index is 5.29. The maximum atomic E-state index is 5.29. The maximum Gasteiger partial charge on any atom is 0.283 e. The molecule has 0 aliphatic rings. The average Bonchev–Trinajstić information content (AvgIpc) is 2.11. The van der Waals surface area contributed by atoms with E-state index in [0.717, 1.165) is 12.8 Å². The van der Waals surface area contributed by atoms with Gasteiger partial charge in [-0.1, -0.05) is 39.5 Å². The quantitative estimate of drug-likeness (QED) is 0.530. The lowest BCUT2D eigenvalue weighted by Crippen LogP contribution is -2.27. The SMILES string of the molecule is [B]OC(C)(CCCC)CCCC. The minimum absolute atomic E-state index is 0.0774. The van der Waals surface area contributed by atoms with Gasteiger partial charge in [-0.3, -0.25) is 0 Å². The van der Waals surface area contributed by atoms with E-state index in [2.05, 4.69) is 20.8 Å². The molecular formula is C10H21BO. The van der Waals surface area contributed by atoms with Gasteiger partial charge in [0.05, 0.1) is 0 Å². The summed E-state index contributed by atoms with van der Waals surface area (Å²) in [5.74, 6) is 0. The normalized spacial score (nSPS) is 11.9. The molecule has 0 aliphatic heterocycles. The molecule has 0 bridgehead atoms. The summed E-state index contributed by atoms with van der Waals surface area (Å²) in [6.07, 6.45) is 7.00. The summed E-state index contributed by atoms with van der Waals surface area (Å²) < 4.78 is 5.04. The summed E-state index contributed by atoms with van der Waals surface area (Å²) in [4.78, 5) is 0. The van der Waals surface area contributed by atoms with Gasteiger partial charge in [0.2, 0.25) is 0 Å². The highest BCUT2D eigenvalue weighted by molar-refractivity contribution is 5.98. The zero-order valence-electron chi connectivity index (χ0n) is 8.73. The number of hydrogen-bond donors (Lipinski definition) is 0. The number of rotatable bonds is 7. The number of hydrogen-bond acceptors (Lipinski definition) is 1. The first-order valence-corrected chi connectivity index (χ1v) is 5.06. The largest absolute Gasteiger partial charge is 0.443 e.